The van der Waals surface area contributed by atoms with Crippen molar-refractivity contribution in [2.24, 2.45) is 0 Å². The zero-order chi connectivity index (χ0) is 29.3. The van der Waals surface area contributed by atoms with E-state index in [0.717, 1.165) is 5.56 Å². The van der Waals surface area contributed by atoms with Crippen LogP contribution in [0.1, 0.15) is 12.5 Å². The molecule has 2 aromatic carbocycles. The zero-order valence-electron chi connectivity index (χ0n) is 21.1. The maximum Gasteiger partial charge on any atom is 0.490 e. The van der Waals surface area contributed by atoms with Gasteiger partial charge in [-0.25, -0.2) is 9.59 Å². The number of para-hydroxylation sites is 1. The first-order valence-corrected chi connectivity index (χ1v) is 11.7. The number of carboxylic acids is 1. The van der Waals surface area contributed by atoms with Gasteiger partial charge in [0.05, 0.1) is 13.2 Å². The minimum atomic E-state index is -5.08. The van der Waals surface area contributed by atoms with Crippen molar-refractivity contribution in [2.45, 2.75) is 31.7 Å². The molecule has 0 aliphatic heterocycles. The van der Waals surface area contributed by atoms with Gasteiger partial charge < -0.3 is 40.7 Å². The summed E-state index contributed by atoms with van der Waals surface area (Å²) in [5, 5.41) is 35.1. The SMILES string of the molecule is CCOC(=O)CNC(=O)Nc1ccc(C[C@@H](CO)NC[C@H](O)COc2ccccc2)cc1.O=C(O)C(F)(F)F. The Morgan fingerprint density at radius 1 is 1.03 bits per heavy atom. The number of urea groups is 1. The number of benzene rings is 2. The van der Waals surface area contributed by atoms with E-state index >= 15 is 0 Å². The Morgan fingerprint density at radius 3 is 2.18 bits per heavy atom. The summed E-state index contributed by atoms with van der Waals surface area (Å²) in [6, 6.07) is 15.6. The van der Waals surface area contributed by atoms with Crippen LogP contribution in [0, 0.1) is 0 Å². The Labute approximate surface area is 222 Å². The first kappa shape index (κ1) is 33.1. The summed E-state index contributed by atoms with van der Waals surface area (Å²) in [7, 11) is 0. The Balaban J connectivity index is 0.000000956. The predicted molar refractivity (Wildman–Crippen MR) is 134 cm³/mol. The van der Waals surface area contributed by atoms with E-state index in [0.29, 0.717) is 17.9 Å². The van der Waals surface area contributed by atoms with Crippen LogP contribution < -0.4 is 20.7 Å². The normalized spacial score (nSPS) is 12.3. The van der Waals surface area contributed by atoms with Gasteiger partial charge in [0.25, 0.3) is 0 Å². The van der Waals surface area contributed by atoms with Crippen LogP contribution in [0.4, 0.5) is 23.7 Å². The molecular formula is C25H32F3N3O8. The fraction of sp³-hybridized carbons (Fsp3) is 0.400. The lowest BCUT2D eigenvalue weighted by Crippen LogP contribution is -2.41. The summed E-state index contributed by atoms with van der Waals surface area (Å²) >= 11 is 0. The highest BCUT2D eigenvalue weighted by Gasteiger charge is 2.38. The molecule has 2 atom stereocenters. The van der Waals surface area contributed by atoms with Gasteiger partial charge in [0.2, 0.25) is 0 Å². The largest absolute Gasteiger partial charge is 0.491 e. The van der Waals surface area contributed by atoms with Crippen molar-refractivity contribution in [1.82, 2.24) is 10.6 Å². The number of ether oxygens (including phenoxy) is 2. The molecule has 0 spiro atoms. The molecule has 0 saturated carbocycles. The molecule has 0 aromatic heterocycles. The molecule has 0 aliphatic rings. The van der Waals surface area contributed by atoms with E-state index < -0.39 is 30.2 Å². The molecular weight excluding hydrogens is 527 g/mol. The molecule has 14 heteroatoms. The van der Waals surface area contributed by atoms with Crippen LogP contribution in [0.15, 0.2) is 54.6 Å². The molecule has 11 nitrogen and oxygen atoms in total. The van der Waals surface area contributed by atoms with Gasteiger partial charge in [0.15, 0.2) is 0 Å². The number of carbonyl (C=O) groups excluding carboxylic acids is 2. The minimum absolute atomic E-state index is 0.0947. The number of hydrogen-bond donors (Lipinski definition) is 6. The second-order valence-corrected chi connectivity index (χ2v) is 7.88. The number of amides is 2. The highest BCUT2D eigenvalue weighted by molar-refractivity contribution is 5.91. The summed E-state index contributed by atoms with van der Waals surface area (Å²) < 4.78 is 42.0. The zero-order valence-corrected chi connectivity index (χ0v) is 21.1. The smallest absolute Gasteiger partial charge is 0.490 e. The number of halogens is 3. The third-order valence-electron chi connectivity index (χ3n) is 4.68. The molecule has 0 saturated heterocycles. The molecule has 0 aliphatic carbocycles. The average Bonchev–Trinajstić information content (AvgIpc) is 2.90. The van der Waals surface area contributed by atoms with Crippen LogP contribution >= 0.6 is 0 Å². The molecule has 2 rings (SSSR count). The number of nitrogens with one attached hydrogen (secondary N) is 3. The standard InChI is InChI=1S/C23H31N3O6.C2HF3O2/c1-2-31-22(29)14-25-23(30)26-18-10-8-17(9-11-18)12-19(15-27)24-13-20(28)16-32-21-6-4-3-5-7-21;3-2(4,5)1(6)7/h3-11,19-20,24,27-28H,2,12-16H2,1H3,(H2,25,26,30);(H,6,7)/t19-,20-;/m0./s1. The third kappa shape index (κ3) is 15.2. The highest BCUT2D eigenvalue weighted by atomic mass is 19.4. The number of hydrogen-bond acceptors (Lipinski definition) is 8. The molecule has 2 aromatic rings. The van der Waals surface area contributed by atoms with Crippen LogP contribution in [-0.2, 0) is 20.7 Å². The summed E-state index contributed by atoms with van der Waals surface area (Å²) in [5.74, 6) is -2.57. The van der Waals surface area contributed by atoms with Gasteiger partial charge in [-0.3, -0.25) is 4.79 Å². The van der Waals surface area contributed by atoms with E-state index in [-0.39, 0.29) is 39.0 Å². The van der Waals surface area contributed by atoms with Gasteiger partial charge in [0, 0.05) is 18.3 Å². The monoisotopic (exact) mass is 559 g/mol. The van der Waals surface area contributed by atoms with Crippen molar-refractivity contribution in [3.63, 3.8) is 0 Å². The second-order valence-electron chi connectivity index (χ2n) is 7.88. The molecule has 0 unspecified atom stereocenters. The van der Waals surface area contributed by atoms with Crippen LogP contribution in [-0.4, -0.2) is 84.5 Å². The van der Waals surface area contributed by atoms with Gasteiger partial charge in [-0.05, 0) is 43.2 Å². The molecule has 216 valence electrons. The fourth-order valence-corrected chi connectivity index (χ4v) is 2.82. The number of carbonyl (C=O) groups is 3. The molecule has 39 heavy (non-hydrogen) atoms. The van der Waals surface area contributed by atoms with E-state index in [1.165, 1.54) is 0 Å². The Morgan fingerprint density at radius 2 is 1.64 bits per heavy atom. The molecule has 0 heterocycles. The molecule has 0 bridgehead atoms. The number of alkyl halides is 3. The first-order valence-electron chi connectivity index (χ1n) is 11.7. The van der Waals surface area contributed by atoms with Crippen molar-refractivity contribution in [2.75, 3.05) is 38.2 Å². The van der Waals surface area contributed by atoms with E-state index in [1.807, 2.05) is 42.5 Å². The number of rotatable bonds is 13. The van der Waals surface area contributed by atoms with Gasteiger partial charge >= 0.3 is 24.1 Å². The van der Waals surface area contributed by atoms with Gasteiger partial charge in [-0.1, -0.05) is 30.3 Å². The number of aliphatic hydroxyl groups is 2. The van der Waals surface area contributed by atoms with Crippen molar-refractivity contribution in [1.29, 1.82) is 0 Å². The summed E-state index contributed by atoms with van der Waals surface area (Å²) in [4.78, 5) is 32.0. The van der Waals surface area contributed by atoms with Gasteiger partial charge in [-0.15, -0.1) is 0 Å². The summed E-state index contributed by atoms with van der Waals surface area (Å²) in [6.45, 7) is 2.07. The predicted octanol–water partition coefficient (Wildman–Crippen LogP) is 1.94. The van der Waals surface area contributed by atoms with Crippen molar-refractivity contribution in [3.8, 4) is 5.75 Å². The van der Waals surface area contributed by atoms with E-state index in [9.17, 15) is 33.0 Å². The van der Waals surface area contributed by atoms with Crippen molar-refractivity contribution < 1.29 is 52.3 Å². The highest BCUT2D eigenvalue weighted by Crippen LogP contribution is 2.13. The van der Waals surface area contributed by atoms with Crippen molar-refractivity contribution >= 4 is 23.7 Å². The number of carboxylic acid groups (broad SMARTS) is 1. The quantitative estimate of drug-likeness (QED) is 0.201. The number of aliphatic carboxylic acids is 1. The van der Waals surface area contributed by atoms with Gasteiger partial charge in [-0.2, -0.15) is 13.2 Å². The van der Waals surface area contributed by atoms with E-state index in [1.54, 1.807) is 19.1 Å². The fourth-order valence-electron chi connectivity index (χ4n) is 2.82. The van der Waals surface area contributed by atoms with Crippen LogP contribution in [0.2, 0.25) is 0 Å². The Bertz CT molecular complexity index is 1010. The second kappa shape index (κ2) is 17.6. The topological polar surface area (TPSA) is 166 Å². The summed E-state index contributed by atoms with van der Waals surface area (Å²) in [5.41, 5.74) is 1.51. The minimum Gasteiger partial charge on any atom is -0.491 e. The number of esters is 1. The molecule has 0 radical (unpaired) electrons. The lowest BCUT2D eigenvalue weighted by molar-refractivity contribution is -0.192. The lowest BCUT2D eigenvalue weighted by Gasteiger charge is -2.19. The van der Waals surface area contributed by atoms with Crippen LogP contribution in [0.5, 0.6) is 5.75 Å². The number of anilines is 1. The lowest BCUT2D eigenvalue weighted by atomic mass is 10.1. The molecule has 2 amide bonds. The average molecular weight is 560 g/mol. The number of aliphatic hydroxyl groups excluding tert-OH is 2. The van der Waals surface area contributed by atoms with Crippen LogP contribution in [0.3, 0.4) is 0 Å². The Kier molecular flexibility index (Phi) is 15.0. The van der Waals surface area contributed by atoms with Crippen molar-refractivity contribution in [3.05, 3.63) is 60.2 Å². The molecule has 6 N–H and O–H groups in total. The van der Waals surface area contributed by atoms with E-state index in [4.69, 9.17) is 19.4 Å². The maximum atomic E-state index is 11.8. The maximum absolute atomic E-state index is 11.8. The third-order valence-corrected chi connectivity index (χ3v) is 4.68. The van der Waals surface area contributed by atoms with Crippen LogP contribution in [0.25, 0.3) is 0 Å². The Hall–Kier alpha value is -3.88. The van der Waals surface area contributed by atoms with E-state index in [2.05, 4.69) is 16.0 Å². The molecule has 0 fully saturated rings. The summed E-state index contributed by atoms with van der Waals surface area (Å²) in [6.07, 6.45) is -5.26. The van der Waals surface area contributed by atoms with Gasteiger partial charge in [0.1, 0.15) is 25.0 Å². The first-order chi connectivity index (χ1) is 18.4.